The first kappa shape index (κ1) is 10.1. The van der Waals surface area contributed by atoms with E-state index in [2.05, 4.69) is 20.1 Å². The van der Waals surface area contributed by atoms with Crippen molar-refractivity contribution in [2.24, 2.45) is 0 Å². The third-order valence-electron chi connectivity index (χ3n) is 2.20. The highest BCUT2D eigenvalue weighted by Crippen LogP contribution is 2.24. The molecule has 0 aromatic carbocycles. The fourth-order valence-corrected chi connectivity index (χ4v) is 1.99. The first-order valence-electron chi connectivity index (χ1n) is 4.99. The molecule has 0 saturated carbocycles. The van der Waals surface area contributed by atoms with Crippen molar-refractivity contribution in [3.05, 3.63) is 35.7 Å². The molecule has 0 unspecified atom stereocenters. The molecule has 0 radical (unpaired) electrons. The summed E-state index contributed by atoms with van der Waals surface area (Å²) in [5.41, 5.74) is 0.752. The van der Waals surface area contributed by atoms with Crippen LogP contribution < -0.4 is 0 Å². The van der Waals surface area contributed by atoms with Crippen molar-refractivity contribution in [3.63, 3.8) is 0 Å². The summed E-state index contributed by atoms with van der Waals surface area (Å²) in [7, 11) is 0. The maximum Gasteiger partial charge on any atom is 0.268 e. The third-order valence-corrected chi connectivity index (χ3v) is 3.05. The van der Waals surface area contributed by atoms with Gasteiger partial charge in [0.25, 0.3) is 5.89 Å². The Bertz CT molecular complexity index is 615. The van der Waals surface area contributed by atoms with Gasteiger partial charge in [0, 0.05) is 12.4 Å². The van der Waals surface area contributed by atoms with Crippen LogP contribution in [0.25, 0.3) is 22.2 Å². The SMILES string of the molecule is Cc1ncc(-c2noc(-c3cccs3)n2)cn1. The topological polar surface area (TPSA) is 64.7 Å². The van der Waals surface area contributed by atoms with Gasteiger partial charge in [-0.15, -0.1) is 11.3 Å². The van der Waals surface area contributed by atoms with Crippen LogP contribution in [0.2, 0.25) is 0 Å². The Morgan fingerprint density at radius 1 is 1.24 bits per heavy atom. The molecule has 3 rings (SSSR count). The monoisotopic (exact) mass is 244 g/mol. The van der Waals surface area contributed by atoms with Gasteiger partial charge in [-0.1, -0.05) is 11.2 Å². The van der Waals surface area contributed by atoms with E-state index in [0.717, 1.165) is 16.3 Å². The van der Waals surface area contributed by atoms with Gasteiger partial charge in [0.2, 0.25) is 5.82 Å². The average molecular weight is 244 g/mol. The molecule has 6 heteroatoms. The molecule has 84 valence electrons. The second kappa shape index (κ2) is 4.06. The van der Waals surface area contributed by atoms with Crippen LogP contribution in [0.3, 0.4) is 0 Å². The fraction of sp³-hybridized carbons (Fsp3) is 0.0909. The minimum absolute atomic E-state index is 0.508. The number of thiophene rings is 1. The van der Waals surface area contributed by atoms with Gasteiger partial charge in [0.15, 0.2) is 0 Å². The van der Waals surface area contributed by atoms with Crippen LogP contribution in [0.1, 0.15) is 5.82 Å². The largest absolute Gasteiger partial charge is 0.333 e. The molecular weight excluding hydrogens is 236 g/mol. The van der Waals surface area contributed by atoms with Gasteiger partial charge >= 0.3 is 0 Å². The van der Waals surface area contributed by atoms with E-state index < -0.39 is 0 Å². The quantitative estimate of drug-likeness (QED) is 0.693. The second-order valence-corrected chi connectivity index (χ2v) is 4.37. The molecule has 0 bridgehead atoms. The zero-order valence-corrected chi connectivity index (χ0v) is 9.81. The minimum Gasteiger partial charge on any atom is -0.333 e. The molecule has 0 aliphatic carbocycles. The van der Waals surface area contributed by atoms with Crippen LogP contribution in [0.4, 0.5) is 0 Å². The van der Waals surface area contributed by atoms with E-state index in [-0.39, 0.29) is 0 Å². The lowest BCUT2D eigenvalue weighted by Crippen LogP contribution is -1.88. The van der Waals surface area contributed by atoms with Crippen molar-refractivity contribution >= 4 is 11.3 Å². The Kier molecular flexibility index (Phi) is 2.41. The van der Waals surface area contributed by atoms with Gasteiger partial charge in [-0.25, -0.2) is 9.97 Å². The van der Waals surface area contributed by atoms with Gasteiger partial charge < -0.3 is 4.52 Å². The number of aromatic nitrogens is 4. The lowest BCUT2D eigenvalue weighted by Gasteiger charge is -1.92. The Hall–Kier alpha value is -2.08. The van der Waals surface area contributed by atoms with Crippen molar-refractivity contribution in [2.75, 3.05) is 0 Å². The predicted octanol–water partition coefficient (Wildman–Crippen LogP) is 2.56. The van der Waals surface area contributed by atoms with Crippen LogP contribution in [-0.4, -0.2) is 20.1 Å². The summed E-state index contributed by atoms with van der Waals surface area (Å²) in [5, 5.41) is 5.88. The van der Waals surface area contributed by atoms with Crippen LogP contribution in [0.5, 0.6) is 0 Å². The highest BCUT2D eigenvalue weighted by Gasteiger charge is 2.11. The lowest BCUT2D eigenvalue weighted by atomic mass is 10.3. The van der Waals surface area contributed by atoms with Crippen molar-refractivity contribution < 1.29 is 4.52 Å². The van der Waals surface area contributed by atoms with Crippen LogP contribution in [0, 0.1) is 6.92 Å². The predicted molar refractivity (Wildman–Crippen MR) is 63.4 cm³/mol. The van der Waals surface area contributed by atoms with E-state index >= 15 is 0 Å². The standard InChI is InChI=1S/C11H8N4OS/c1-7-12-5-8(6-13-7)10-14-11(16-15-10)9-3-2-4-17-9/h2-6H,1H3. The number of nitrogens with zero attached hydrogens (tertiary/aromatic N) is 4. The van der Waals surface area contributed by atoms with E-state index in [0.29, 0.717) is 11.7 Å². The van der Waals surface area contributed by atoms with Crippen LogP contribution in [-0.2, 0) is 0 Å². The van der Waals surface area contributed by atoms with Crippen molar-refractivity contribution in [1.29, 1.82) is 0 Å². The van der Waals surface area contributed by atoms with Gasteiger partial charge in [0.1, 0.15) is 5.82 Å². The first-order valence-corrected chi connectivity index (χ1v) is 5.87. The van der Waals surface area contributed by atoms with Crippen molar-refractivity contribution in [3.8, 4) is 22.2 Å². The van der Waals surface area contributed by atoms with Gasteiger partial charge in [-0.3, -0.25) is 0 Å². The molecule has 0 atom stereocenters. The summed E-state index contributed by atoms with van der Waals surface area (Å²) >= 11 is 1.56. The molecule has 0 amide bonds. The highest BCUT2D eigenvalue weighted by molar-refractivity contribution is 7.13. The summed E-state index contributed by atoms with van der Waals surface area (Å²) in [6.45, 7) is 1.83. The van der Waals surface area contributed by atoms with E-state index in [4.69, 9.17) is 4.52 Å². The molecule has 3 aromatic rings. The number of rotatable bonds is 2. The molecule has 0 spiro atoms. The van der Waals surface area contributed by atoms with E-state index in [1.165, 1.54) is 0 Å². The molecule has 0 aliphatic rings. The maximum atomic E-state index is 5.19. The van der Waals surface area contributed by atoms with Gasteiger partial charge in [0.05, 0.1) is 10.4 Å². The summed E-state index contributed by atoms with van der Waals surface area (Å²) in [6, 6.07) is 3.88. The van der Waals surface area contributed by atoms with E-state index in [1.807, 2.05) is 24.4 Å². The molecule has 17 heavy (non-hydrogen) atoms. The Morgan fingerprint density at radius 2 is 2.06 bits per heavy atom. The molecule has 3 aromatic heterocycles. The van der Waals surface area contributed by atoms with Crippen LogP contribution in [0.15, 0.2) is 34.4 Å². The molecule has 3 heterocycles. The minimum atomic E-state index is 0.508. The summed E-state index contributed by atoms with van der Waals surface area (Å²) in [5.74, 6) is 1.75. The summed E-state index contributed by atoms with van der Waals surface area (Å²) in [6.07, 6.45) is 3.37. The number of hydrogen-bond donors (Lipinski definition) is 0. The van der Waals surface area contributed by atoms with E-state index in [9.17, 15) is 0 Å². The van der Waals surface area contributed by atoms with Gasteiger partial charge in [-0.2, -0.15) is 4.98 Å². The smallest absolute Gasteiger partial charge is 0.268 e. The molecule has 0 N–H and O–H groups in total. The molecule has 0 saturated heterocycles. The fourth-order valence-electron chi connectivity index (χ4n) is 1.35. The Morgan fingerprint density at radius 3 is 2.76 bits per heavy atom. The highest BCUT2D eigenvalue weighted by atomic mass is 32.1. The molecule has 0 aliphatic heterocycles. The molecule has 5 nitrogen and oxygen atoms in total. The maximum absolute atomic E-state index is 5.19. The van der Waals surface area contributed by atoms with Gasteiger partial charge in [-0.05, 0) is 18.4 Å². The zero-order valence-electron chi connectivity index (χ0n) is 8.99. The Labute approximate surface area is 101 Å². The Balaban J connectivity index is 1.98. The third kappa shape index (κ3) is 1.94. The summed E-state index contributed by atoms with van der Waals surface area (Å²) in [4.78, 5) is 13.5. The number of aryl methyl sites for hydroxylation is 1. The van der Waals surface area contributed by atoms with E-state index in [1.54, 1.807) is 23.7 Å². The number of hydrogen-bond acceptors (Lipinski definition) is 6. The first-order chi connectivity index (χ1) is 8.33. The molecular formula is C11H8N4OS. The second-order valence-electron chi connectivity index (χ2n) is 3.42. The summed E-state index contributed by atoms with van der Waals surface area (Å²) < 4.78 is 5.19. The zero-order chi connectivity index (χ0) is 11.7. The average Bonchev–Trinajstić information content (AvgIpc) is 3.00. The normalized spacial score (nSPS) is 10.6. The van der Waals surface area contributed by atoms with Crippen molar-refractivity contribution in [1.82, 2.24) is 20.1 Å². The molecule has 0 fully saturated rings. The van der Waals surface area contributed by atoms with Crippen LogP contribution >= 0.6 is 11.3 Å². The lowest BCUT2D eigenvalue weighted by molar-refractivity contribution is 0.433. The van der Waals surface area contributed by atoms with Crippen molar-refractivity contribution in [2.45, 2.75) is 6.92 Å².